The number of likely N-dealkylation sites (N-methyl/N-ethyl adjacent to an activating group) is 1. The molecule has 1 aromatic rings. The van der Waals surface area contributed by atoms with Gasteiger partial charge in [0.15, 0.2) is 0 Å². The Hall–Kier alpha value is -0.430. The zero-order valence-corrected chi connectivity index (χ0v) is 12.9. The molecule has 0 saturated carbocycles. The van der Waals surface area contributed by atoms with E-state index in [-0.39, 0.29) is 6.04 Å². The minimum absolute atomic E-state index is 0.0870. The van der Waals surface area contributed by atoms with Crippen LogP contribution in [0.2, 0.25) is 0 Å². The summed E-state index contributed by atoms with van der Waals surface area (Å²) in [7, 11) is -3.38. The predicted molar refractivity (Wildman–Crippen MR) is 75.1 cm³/mol. The van der Waals surface area contributed by atoms with Crippen molar-refractivity contribution in [3.05, 3.63) is 28.2 Å². The first kappa shape index (κ1) is 14.0. The first-order valence-corrected chi connectivity index (χ1v) is 8.19. The average molecular weight is 333 g/mol. The van der Waals surface area contributed by atoms with Crippen molar-refractivity contribution in [3.8, 4) is 0 Å². The Morgan fingerprint density at radius 1 is 1.44 bits per heavy atom. The topological polar surface area (TPSA) is 49.4 Å². The highest BCUT2D eigenvalue weighted by atomic mass is 79.9. The molecule has 0 amide bonds. The largest absolute Gasteiger partial charge is 0.313 e. The third-order valence-corrected chi connectivity index (χ3v) is 6.13. The third-order valence-electron chi connectivity index (χ3n) is 3.21. The van der Waals surface area contributed by atoms with Crippen LogP contribution in [0.4, 0.5) is 0 Å². The molecule has 0 aliphatic carbocycles. The highest BCUT2D eigenvalue weighted by Gasteiger charge is 2.33. The molecule has 1 fully saturated rings. The summed E-state index contributed by atoms with van der Waals surface area (Å²) in [5, 5.41) is 3.11. The van der Waals surface area contributed by atoms with E-state index in [9.17, 15) is 8.42 Å². The second-order valence-corrected chi connectivity index (χ2v) is 7.18. The lowest BCUT2D eigenvalue weighted by molar-refractivity contribution is 0.249. The fourth-order valence-electron chi connectivity index (χ4n) is 2.01. The number of nitrogens with zero attached hydrogens (tertiary/aromatic N) is 1. The summed E-state index contributed by atoms with van der Waals surface area (Å²) in [6, 6.07) is 5.24. The van der Waals surface area contributed by atoms with Crippen molar-refractivity contribution in [3.63, 3.8) is 0 Å². The molecule has 0 bridgehead atoms. The maximum Gasteiger partial charge on any atom is 0.243 e. The summed E-state index contributed by atoms with van der Waals surface area (Å²) >= 11 is 3.39. The minimum Gasteiger partial charge on any atom is -0.313 e. The number of aryl methyl sites for hydroxylation is 1. The van der Waals surface area contributed by atoms with Crippen LogP contribution in [0.5, 0.6) is 0 Å². The Balaban J connectivity index is 2.36. The van der Waals surface area contributed by atoms with Crippen LogP contribution < -0.4 is 5.32 Å². The van der Waals surface area contributed by atoms with Gasteiger partial charge in [-0.15, -0.1) is 0 Å². The number of hydrogen-bond acceptors (Lipinski definition) is 3. The van der Waals surface area contributed by atoms with Crippen LogP contribution in [-0.4, -0.2) is 38.4 Å². The van der Waals surface area contributed by atoms with Gasteiger partial charge in [0.2, 0.25) is 10.0 Å². The van der Waals surface area contributed by atoms with Crippen molar-refractivity contribution in [2.24, 2.45) is 0 Å². The number of nitrogens with one attached hydrogen (secondary N) is 1. The number of benzene rings is 1. The molecule has 1 heterocycles. The summed E-state index contributed by atoms with van der Waals surface area (Å²) in [5.41, 5.74) is 0.930. The summed E-state index contributed by atoms with van der Waals surface area (Å²) in [6.07, 6.45) is 0. The first-order chi connectivity index (χ1) is 8.46. The second kappa shape index (κ2) is 5.28. The van der Waals surface area contributed by atoms with Gasteiger partial charge >= 0.3 is 0 Å². The van der Waals surface area contributed by atoms with Gasteiger partial charge in [-0.25, -0.2) is 8.42 Å². The van der Waals surface area contributed by atoms with Crippen LogP contribution in [0.3, 0.4) is 0 Å². The first-order valence-electron chi connectivity index (χ1n) is 5.95. The number of sulfonamides is 1. The van der Waals surface area contributed by atoms with Gasteiger partial charge < -0.3 is 5.32 Å². The van der Waals surface area contributed by atoms with E-state index in [4.69, 9.17) is 0 Å². The Labute approximate surface area is 117 Å². The molecule has 18 heavy (non-hydrogen) atoms. The fraction of sp³-hybridized carbons (Fsp3) is 0.500. The van der Waals surface area contributed by atoms with Crippen LogP contribution in [0.25, 0.3) is 0 Å². The molecule has 1 saturated heterocycles. The molecular formula is C12H17BrN2O2S. The molecule has 1 aliphatic rings. The normalized spacial score (nSPS) is 16.9. The monoisotopic (exact) mass is 332 g/mol. The fourth-order valence-corrected chi connectivity index (χ4v) is 3.98. The molecule has 0 atom stereocenters. The minimum atomic E-state index is -3.38. The van der Waals surface area contributed by atoms with Gasteiger partial charge in [0.05, 0.1) is 4.90 Å². The maximum atomic E-state index is 12.5. The molecule has 0 aromatic heterocycles. The van der Waals surface area contributed by atoms with E-state index in [1.54, 1.807) is 22.5 Å². The average Bonchev–Trinajstić information content (AvgIpc) is 2.26. The Morgan fingerprint density at radius 3 is 2.56 bits per heavy atom. The highest BCUT2D eigenvalue weighted by Crippen LogP contribution is 2.24. The van der Waals surface area contributed by atoms with E-state index in [0.717, 1.165) is 23.1 Å². The molecule has 1 N–H and O–H groups in total. The van der Waals surface area contributed by atoms with Crippen LogP contribution in [0.15, 0.2) is 27.6 Å². The van der Waals surface area contributed by atoms with E-state index >= 15 is 0 Å². The highest BCUT2D eigenvalue weighted by molar-refractivity contribution is 9.10. The maximum absolute atomic E-state index is 12.5. The second-order valence-electron chi connectivity index (χ2n) is 4.43. The lowest BCUT2D eigenvalue weighted by Gasteiger charge is -2.36. The van der Waals surface area contributed by atoms with E-state index in [2.05, 4.69) is 21.2 Å². The number of halogens is 1. The number of rotatable bonds is 4. The van der Waals surface area contributed by atoms with Gasteiger partial charge in [-0.05, 0) is 30.7 Å². The van der Waals surface area contributed by atoms with Gasteiger partial charge in [-0.2, -0.15) is 4.31 Å². The number of hydrogen-bond donors (Lipinski definition) is 1. The molecule has 4 nitrogen and oxygen atoms in total. The van der Waals surface area contributed by atoms with Crippen LogP contribution in [-0.2, 0) is 10.0 Å². The molecule has 0 radical (unpaired) electrons. The van der Waals surface area contributed by atoms with Crippen molar-refractivity contribution in [2.75, 3.05) is 19.6 Å². The molecule has 0 spiro atoms. The zero-order chi connectivity index (χ0) is 13.3. The van der Waals surface area contributed by atoms with Gasteiger partial charge in [0.1, 0.15) is 0 Å². The predicted octanol–water partition coefficient (Wildman–Crippen LogP) is 1.74. The van der Waals surface area contributed by atoms with Gasteiger partial charge in [-0.1, -0.05) is 22.9 Å². The van der Waals surface area contributed by atoms with E-state index in [1.165, 1.54) is 0 Å². The zero-order valence-electron chi connectivity index (χ0n) is 10.5. The van der Waals surface area contributed by atoms with Crippen molar-refractivity contribution < 1.29 is 8.42 Å². The molecule has 2 rings (SSSR count). The van der Waals surface area contributed by atoms with E-state index in [1.807, 2.05) is 13.8 Å². The summed E-state index contributed by atoms with van der Waals surface area (Å²) in [4.78, 5) is 0.372. The van der Waals surface area contributed by atoms with Crippen LogP contribution in [0.1, 0.15) is 12.5 Å². The van der Waals surface area contributed by atoms with Gasteiger partial charge in [-0.3, -0.25) is 0 Å². The van der Waals surface area contributed by atoms with E-state index in [0.29, 0.717) is 11.4 Å². The van der Waals surface area contributed by atoms with Gasteiger partial charge in [0.25, 0.3) is 0 Å². The summed E-state index contributed by atoms with van der Waals surface area (Å²) in [5.74, 6) is 0. The lowest BCUT2D eigenvalue weighted by Crippen LogP contribution is -2.58. The van der Waals surface area contributed by atoms with Crippen LogP contribution in [0, 0.1) is 6.92 Å². The molecule has 0 unspecified atom stereocenters. The summed E-state index contributed by atoms with van der Waals surface area (Å²) < 4.78 is 27.6. The van der Waals surface area contributed by atoms with Crippen LogP contribution >= 0.6 is 15.9 Å². The molecule has 100 valence electrons. The quantitative estimate of drug-likeness (QED) is 0.913. The van der Waals surface area contributed by atoms with Crippen molar-refractivity contribution in [2.45, 2.75) is 24.8 Å². The Morgan fingerprint density at radius 2 is 2.11 bits per heavy atom. The molecule has 1 aromatic carbocycles. The van der Waals surface area contributed by atoms with Gasteiger partial charge in [0, 0.05) is 30.1 Å². The van der Waals surface area contributed by atoms with Crippen molar-refractivity contribution in [1.29, 1.82) is 0 Å². The standard InChI is InChI=1S/C12H17BrN2O2S/c1-3-15(10-7-14-8-10)18(16,17)11-4-5-12(13)9(2)6-11/h4-6,10,14H,3,7-8H2,1-2H3. The molecule has 1 aliphatic heterocycles. The molecule has 6 heteroatoms. The molecular weight excluding hydrogens is 316 g/mol. The lowest BCUT2D eigenvalue weighted by atomic mass is 10.2. The Kier molecular flexibility index (Phi) is 4.11. The van der Waals surface area contributed by atoms with Crippen molar-refractivity contribution in [1.82, 2.24) is 9.62 Å². The van der Waals surface area contributed by atoms with E-state index < -0.39 is 10.0 Å². The Bertz CT molecular complexity index is 541. The SMILES string of the molecule is CCN(C1CNC1)S(=O)(=O)c1ccc(Br)c(C)c1. The van der Waals surface area contributed by atoms with Crippen molar-refractivity contribution >= 4 is 26.0 Å². The third kappa shape index (κ3) is 2.47. The smallest absolute Gasteiger partial charge is 0.243 e. The summed E-state index contributed by atoms with van der Waals surface area (Å²) in [6.45, 7) is 5.75.